The van der Waals surface area contributed by atoms with Crippen molar-refractivity contribution in [3.63, 3.8) is 0 Å². The SMILES string of the molecule is C=CC(=O)N1CCCC(Oc2cc3c(Nc4ccc(O/C(N)=C/C=Nc5ccc(C)nc5)cc4F)ncnc3cc2OC)C1. The minimum Gasteiger partial charge on any atom is -0.493 e. The van der Waals surface area contributed by atoms with Crippen LogP contribution < -0.4 is 25.3 Å². The molecule has 11 nitrogen and oxygen atoms in total. The number of hydrogen-bond acceptors (Lipinski definition) is 10. The number of aryl methyl sites for hydroxylation is 1. The van der Waals surface area contributed by atoms with E-state index in [1.807, 2.05) is 19.1 Å². The van der Waals surface area contributed by atoms with E-state index in [2.05, 4.69) is 31.8 Å². The third-order valence-corrected chi connectivity index (χ3v) is 6.87. The molecule has 2 aromatic heterocycles. The lowest BCUT2D eigenvalue weighted by Crippen LogP contribution is -2.43. The van der Waals surface area contributed by atoms with Gasteiger partial charge in [-0.2, -0.15) is 0 Å². The Morgan fingerprint density at radius 3 is 2.80 bits per heavy atom. The van der Waals surface area contributed by atoms with Gasteiger partial charge in [0, 0.05) is 42.0 Å². The number of hydrogen-bond donors (Lipinski definition) is 2. The third kappa shape index (κ3) is 7.27. The molecule has 0 aliphatic carbocycles. The van der Waals surface area contributed by atoms with E-state index < -0.39 is 5.82 Å². The van der Waals surface area contributed by atoms with Crippen LogP contribution in [0.1, 0.15) is 18.5 Å². The second-order valence-corrected chi connectivity index (χ2v) is 9.99. The molecule has 1 amide bonds. The highest BCUT2D eigenvalue weighted by Crippen LogP contribution is 2.36. The Kier molecular flexibility index (Phi) is 9.28. The minimum atomic E-state index is -0.583. The van der Waals surface area contributed by atoms with Crippen molar-refractivity contribution in [1.29, 1.82) is 0 Å². The first-order valence-electron chi connectivity index (χ1n) is 13.9. The van der Waals surface area contributed by atoms with Crippen LogP contribution in [0.4, 0.5) is 21.6 Å². The first kappa shape index (κ1) is 30.0. The molecule has 0 spiro atoms. The molecule has 5 rings (SSSR count). The molecule has 4 aromatic rings. The van der Waals surface area contributed by atoms with Gasteiger partial charge in [-0.3, -0.25) is 14.8 Å². The summed E-state index contributed by atoms with van der Waals surface area (Å²) in [6, 6.07) is 11.5. The second-order valence-electron chi connectivity index (χ2n) is 9.99. The number of fused-ring (bicyclic) bond motifs is 1. The number of nitrogens with zero attached hydrogens (tertiary/aromatic N) is 5. The standard InChI is InChI=1S/C32H32FN7O4/c1-4-31(41)40-13-5-6-23(18-40)43-29-15-24-27(16-28(29)42-3)37-19-38-32(24)39-26-10-9-22(14-25(26)33)44-30(34)11-12-35-21-8-7-20(2)36-17-21/h4,7-12,14-17,19,23H,1,5-6,13,18,34H2,2-3H3,(H,37,38,39)/b30-11+,35-12?. The first-order valence-corrected chi connectivity index (χ1v) is 13.9. The minimum absolute atomic E-state index is 0.0344. The van der Waals surface area contributed by atoms with E-state index in [1.54, 1.807) is 29.3 Å². The van der Waals surface area contributed by atoms with Gasteiger partial charge < -0.3 is 30.2 Å². The highest BCUT2D eigenvalue weighted by Gasteiger charge is 2.25. The average Bonchev–Trinajstić information content (AvgIpc) is 3.03. The molecular weight excluding hydrogens is 565 g/mol. The average molecular weight is 598 g/mol. The number of aromatic nitrogens is 3. The van der Waals surface area contributed by atoms with Gasteiger partial charge in [0.15, 0.2) is 17.4 Å². The molecule has 226 valence electrons. The van der Waals surface area contributed by atoms with Crippen molar-refractivity contribution < 1.29 is 23.4 Å². The van der Waals surface area contributed by atoms with Crippen LogP contribution in [0.15, 0.2) is 84.6 Å². The Morgan fingerprint density at radius 2 is 2.05 bits per heavy atom. The van der Waals surface area contributed by atoms with Gasteiger partial charge in [0.05, 0.1) is 36.7 Å². The smallest absolute Gasteiger partial charge is 0.246 e. The number of nitrogens with two attached hydrogens (primary N) is 1. The summed E-state index contributed by atoms with van der Waals surface area (Å²) in [7, 11) is 1.54. The van der Waals surface area contributed by atoms with Crippen molar-refractivity contribution in [3.8, 4) is 17.2 Å². The van der Waals surface area contributed by atoms with E-state index in [9.17, 15) is 4.79 Å². The number of carbonyl (C=O) groups excluding carboxylic acids is 1. The molecular formula is C32H32FN7O4. The van der Waals surface area contributed by atoms with Crippen molar-refractivity contribution in [2.75, 3.05) is 25.5 Å². The summed E-state index contributed by atoms with van der Waals surface area (Å²) < 4.78 is 32.6. The monoisotopic (exact) mass is 597 g/mol. The molecule has 1 unspecified atom stereocenters. The number of carbonyl (C=O) groups is 1. The van der Waals surface area contributed by atoms with Crippen molar-refractivity contribution in [1.82, 2.24) is 19.9 Å². The molecule has 2 aromatic carbocycles. The lowest BCUT2D eigenvalue weighted by Gasteiger charge is -2.32. The lowest BCUT2D eigenvalue weighted by atomic mass is 10.1. The van der Waals surface area contributed by atoms with Gasteiger partial charge in [0.1, 0.15) is 29.8 Å². The molecule has 44 heavy (non-hydrogen) atoms. The fourth-order valence-corrected chi connectivity index (χ4v) is 4.65. The van der Waals surface area contributed by atoms with Crippen LogP contribution >= 0.6 is 0 Å². The van der Waals surface area contributed by atoms with Crippen molar-refractivity contribution in [2.45, 2.75) is 25.9 Å². The quantitative estimate of drug-likeness (QED) is 0.141. The molecule has 1 saturated heterocycles. The van der Waals surface area contributed by atoms with E-state index in [1.165, 1.54) is 43.9 Å². The number of benzene rings is 2. The number of anilines is 2. The zero-order chi connectivity index (χ0) is 31.1. The lowest BCUT2D eigenvalue weighted by molar-refractivity contribution is -0.128. The van der Waals surface area contributed by atoms with Crippen LogP contribution in [0.3, 0.4) is 0 Å². The molecule has 0 bridgehead atoms. The zero-order valence-electron chi connectivity index (χ0n) is 24.4. The Bertz CT molecular complexity index is 1730. The summed E-state index contributed by atoms with van der Waals surface area (Å²) >= 11 is 0. The van der Waals surface area contributed by atoms with Gasteiger partial charge in [0.2, 0.25) is 5.91 Å². The van der Waals surface area contributed by atoms with Gasteiger partial charge in [0.25, 0.3) is 0 Å². The summed E-state index contributed by atoms with van der Waals surface area (Å²) in [5.41, 5.74) is 8.22. The van der Waals surface area contributed by atoms with E-state index in [0.717, 1.165) is 18.5 Å². The van der Waals surface area contributed by atoms with Gasteiger partial charge >= 0.3 is 0 Å². The molecule has 3 heterocycles. The van der Waals surface area contributed by atoms with Gasteiger partial charge in [-0.05, 0) is 56.2 Å². The maximum atomic E-state index is 15.2. The highest BCUT2D eigenvalue weighted by atomic mass is 19.1. The largest absolute Gasteiger partial charge is 0.493 e. The fourth-order valence-electron chi connectivity index (χ4n) is 4.65. The van der Waals surface area contributed by atoms with E-state index >= 15 is 4.39 Å². The van der Waals surface area contributed by atoms with Gasteiger partial charge in [-0.25, -0.2) is 14.4 Å². The first-order chi connectivity index (χ1) is 21.3. The summed E-state index contributed by atoms with van der Waals surface area (Å²) in [5.74, 6) is 0.830. The maximum absolute atomic E-state index is 15.2. The molecule has 1 aliphatic rings. The second kappa shape index (κ2) is 13.6. The predicted octanol–water partition coefficient (Wildman–Crippen LogP) is 5.36. The van der Waals surface area contributed by atoms with Crippen LogP contribution in [0.5, 0.6) is 17.2 Å². The van der Waals surface area contributed by atoms with Crippen LogP contribution in [0.2, 0.25) is 0 Å². The van der Waals surface area contributed by atoms with Gasteiger partial charge in [-0.15, -0.1) is 0 Å². The Balaban J connectivity index is 1.31. The Hall–Kier alpha value is -5.52. The molecule has 12 heteroatoms. The van der Waals surface area contributed by atoms with E-state index in [4.69, 9.17) is 19.9 Å². The number of methoxy groups -OCH3 is 1. The number of allylic oxidation sites excluding steroid dienone is 1. The van der Waals surface area contributed by atoms with Crippen LogP contribution in [0.25, 0.3) is 10.9 Å². The Labute approximate surface area is 253 Å². The molecule has 1 aliphatic heterocycles. The van der Waals surface area contributed by atoms with E-state index in [0.29, 0.717) is 47.0 Å². The number of aliphatic imine (C=N–C) groups is 1. The molecule has 3 N–H and O–H groups in total. The molecule has 1 fully saturated rings. The van der Waals surface area contributed by atoms with Crippen LogP contribution in [-0.4, -0.2) is 58.3 Å². The van der Waals surface area contributed by atoms with Crippen molar-refractivity contribution in [2.24, 2.45) is 10.7 Å². The fraction of sp³-hybridized carbons (Fsp3) is 0.219. The molecule has 0 saturated carbocycles. The number of amides is 1. The number of rotatable bonds is 10. The third-order valence-electron chi connectivity index (χ3n) is 6.87. The number of ether oxygens (including phenoxy) is 3. The number of likely N-dealkylation sites (tertiary alicyclic amines) is 1. The van der Waals surface area contributed by atoms with E-state index in [-0.39, 0.29) is 29.3 Å². The predicted molar refractivity (Wildman–Crippen MR) is 166 cm³/mol. The molecule has 1 atom stereocenters. The van der Waals surface area contributed by atoms with Crippen LogP contribution in [-0.2, 0) is 4.79 Å². The van der Waals surface area contributed by atoms with Crippen LogP contribution in [0, 0.1) is 12.7 Å². The van der Waals surface area contributed by atoms with Crippen molar-refractivity contribution in [3.05, 3.63) is 91.1 Å². The molecule has 0 radical (unpaired) electrons. The maximum Gasteiger partial charge on any atom is 0.246 e. The van der Waals surface area contributed by atoms with Crippen molar-refractivity contribution >= 4 is 40.2 Å². The summed E-state index contributed by atoms with van der Waals surface area (Å²) in [5, 5.41) is 3.63. The number of piperidine rings is 1. The Morgan fingerprint density at radius 1 is 1.18 bits per heavy atom. The van der Waals surface area contributed by atoms with Gasteiger partial charge in [-0.1, -0.05) is 6.58 Å². The summed E-state index contributed by atoms with van der Waals surface area (Å²) in [6.07, 6.45) is 8.60. The summed E-state index contributed by atoms with van der Waals surface area (Å²) in [6.45, 7) is 6.55. The topological polar surface area (TPSA) is 137 Å². The normalized spacial score (nSPS) is 15.3. The number of nitrogens with one attached hydrogen (secondary N) is 1. The number of pyridine rings is 1. The summed E-state index contributed by atoms with van der Waals surface area (Å²) in [4.78, 5) is 30.9. The zero-order valence-corrected chi connectivity index (χ0v) is 24.4. The number of halogens is 1. The highest BCUT2D eigenvalue weighted by molar-refractivity contribution is 5.93.